The van der Waals surface area contributed by atoms with Crippen molar-refractivity contribution in [3.05, 3.63) is 11.8 Å². The molecule has 1 N–H and O–H groups in total. The van der Waals surface area contributed by atoms with Crippen LogP contribution in [0, 0.1) is 0 Å². The number of anilines is 1. The summed E-state index contributed by atoms with van der Waals surface area (Å²) in [5.74, 6) is 1.14. The van der Waals surface area contributed by atoms with Gasteiger partial charge in [0.15, 0.2) is 5.82 Å². The van der Waals surface area contributed by atoms with Gasteiger partial charge in [0.25, 0.3) is 0 Å². The molecular weight excluding hydrogens is 260 g/mol. The molecule has 1 aromatic heterocycles. The normalized spacial score (nSPS) is 16.1. The summed E-state index contributed by atoms with van der Waals surface area (Å²) in [7, 11) is 0. The molecule has 1 fully saturated rings. The average molecular weight is 280 g/mol. The fourth-order valence-electron chi connectivity index (χ4n) is 1.91. The van der Waals surface area contributed by atoms with E-state index >= 15 is 0 Å². The minimum absolute atomic E-state index is 0.147. The molecule has 0 radical (unpaired) electrons. The van der Waals surface area contributed by atoms with E-state index in [1.807, 2.05) is 20.8 Å². The smallest absolute Gasteiger partial charge is 0.323 e. The standard InChI is InChI=1S/C13H20N4O3/c1-13(2,3)10-8-11(15-20-10)14-12(19)17-6-4-16(9-18)5-7-17/h8-9H,4-7H2,1-3H3,(H,14,15,19). The van der Waals surface area contributed by atoms with Crippen LogP contribution in [0.4, 0.5) is 10.6 Å². The summed E-state index contributed by atoms with van der Waals surface area (Å²) in [6, 6.07) is 1.52. The predicted octanol–water partition coefficient (Wildman–Crippen LogP) is 1.28. The monoisotopic (exact) mass is 280 g/mol. The highest BCUT2D eigenvalue weighted by Crippen LogP contribution is 2.24. The molecule has 1 saturated heterocycles. The van der Waals surface area contributed by atoms with E-state index in [2.05, 4.69) is 10.5 Å². The Morgan fingerprint density at radius 1 is 1.35 bits per heavy atom. The number of nitrogens with zero attached hydrogens (tertiary/aromatic N) is 3. The second-order valence-electron chi connectivity index (χ2n) is 5.88. The highest BCUT2D eigenvalue weighted by Gasteiger charge is 2.23. The summed E-state index contributed by atoms with van der Waals surface area (Å²) in [5, 5.41) is 6.56. The number of rotatable bonds is 2. The number of hydrogen-bond donors (Lipinski definition) is 1. The molecule has 1 aromatic rings. The number of amides is 3. The van der Waals surface area contributed by atoms with Crippen molar-refractivity contribution < 1.29 is 14.1 Å². The zero-order chi connectivity index (χ0) is 14.8. The molecule has 20 heavy (non-hydrogen) atoms. The molecule has 7 heteroatoms. The van der Waals surface area contributed by atoms with Crippen LogP contribution in [0.1, 0.15) is 26.5 Å². The number of nitrogens with one attached hydrogen (secondary N) is 1. The maximum atomic E-state index is 12.0. The molecule has 1 aliphatic rings. The number of carbonyl (C=O) groups excluding carboxylic acids is 2. The molecule has 0 aromatic carbocycles. The van der Waals surface area contributed by atoms with Gasteiger partial charge in [-0.1, -0.05) is 25.9 Å². The van der Waals surface area contributed by atoms with Gasteiger partial charge in [-0.2, -0.15) is 0 Å². The van der Waals surface area contributed by atoms with Gasteiger partial charge in [0.05, 0.1) is 0 Å². The van der Waals surface area contributed by atoms with E-state index in [1.165, 1.54) is 0 Å². The lowest BCUT2D eigenvalue weighted by atomic mass is 9.93. The molecule has 0 saturated carbocycles. The largest absolute Gasteiger partial charge is 0.359 e. The van der Waals surface area contributed by atoms with Crippen LogP contribution in [0.25, 0.3) is 0 Å². The van der Waals surface area contributed by atoms with E-state index in [1.54, 1.807) is 15.9 Å². The molecule has 2 rings (SSSR count). The molecule has 0 spiro atoms. The Balaban J connectivity index is 1.92. The van der Waals surface area contributed by atoms with Crippen LogP contribution in [0.15, 0.2) is 10.6 Å². The summed E-state index contributed by atoms with van der Waals surface area (Å²) in [6.45, 7) is 8.20. The fourth-order valence-corrected chi connectivity index (χ4v) is 1.91. The number of urea groups is 1. The summed E-state index contributed by atoms with van der Waals surface area (Å²) in [6.07, 6.45) is 0.808. The lowest BCUT2D eigenvalue weighted by Gasteiger charge is -2.32. The molecular formula is C13H20N4O3. The Kier molecular flexibility index (Phi) is 3.96. The van der Waals surface area contributed by atoms with E-state index in [9.17, 15) is 9.59 Å². The Labute approximate surface area is 117 Å². The highest BCUT2D eigenvalue weighted by atomic mass is 16.5. The molecule has 0 aliphatic carbocycles. The van der Waals surface area contributed by atoms with Gasteiger partial charge < -0.3 is 14.3 Å². The first-order chi connectivity index (χ1) is 9.40. The molecule has 2 heterocycles. The van der Waals surface area contributed by atoms with Gasteiger partial charge in [0, 0.05) is 37.7 Å². The minimum Gasteiger partial charge on any atom is -0.359 e. The van der Waals surface area contributed by atoms with Gasteiger partial charge in [0.2, 0.25) is 6.41 Å². The van der Waals surface area contributed by atoms with Crippen molar-refractivity contribution in [2.75, 3.05) is 31.5 Å². The molecule has 0 bridgehead atoms. The van der Waals surface area contributed by atoms with E-state index in [0.717, 1.165) is 12.2 Å². The SMILES string of the molecule is CC(C)(C)c1cc(NC(=O)N2CCN(C=O)CC2)no1. The van der Waals surface area contributed by atoms with Gasteiger partial charge in [-0.05, 0) is 0 Å². The Morgan fingerprint density at radius 3 is 2.50 bits per heavy atom. The molecule has 1 aliphatic heterocycles. The molecule has 110 valence electrons. The van der Waals surface area contributed by atoms with Crippen molar-refractivity contribution in [1.29, 1.82) is 0 Å². The van der Waals surface area contributed by atoms with Crippen LogP contribution < -0.4 is 5.32 Å². The van der Waals surface area contributed by atoms with E-state index in [-0.39, 0.29) is 11.4 Å². The number of piperazine rings is 1. The summed E-state index contributed by atoms with van der Waals surface area (Å²) in [5.41, 5.74) is -0.147. The average Bonchev–Trinajstić information content (AvgIpc) is 2.87. The third-order valence-electron chi connectivity index (χ3n) is 3.23. The van der Waals surface area contributed by atoms with Crippen molar-refractivity contribution in [3.8, 4) is 0 Å². The predicted molar refractivity (Wildman–Crippen MR) is 73.4 cm³/mol. The van der Waals surface area contributed by atoms with Gasteiger partial charge >= 0.3 is 6.03 Å². The Hall–Kier alpha value is -2.05. The zero-order valence-corrected chi connectivity index (χ0v) is 12.0. The highest BCUT2D eigenvalue weighted by molar-refractivity contribution is 5.88. The number of hydrogen-bond acceptors (Lipinski definition) is 4. The van der Waals surface area contributed by atoms with Crippen molar-refractivity contribution in [2.24, 2.45) is 0 Å². The summed E-state index contributed by atoms with van der Waals surface area (Å²) >= 11 is 0. The van der Waals surface area contributed by atoms with Gasteiger partial charge in [-0.25, -0.2) is 4.79 Å². The zero-order valence-electron chi connectivity index (χ0n) is 12.0. The second kappa shape index (κ2) is 5.52. The Bertz CT molecular complexity index is 484. The first kappa shape index (κ1) is 14.4. The van der Waals surface area contributed by atoms with Crippen LogP contribution >= 0.6 is 0 Å². The van der Waals surface area contributed by atoms with Crippen LogP contribution in [-0.4, -0.2) is 53.6 Å². The lowest BCUT2D eigenvalue weighted by Crippen LogP contribution is -2.49. The Morgan fingerprint density at radius 2 is 2.00 bits per heavy atom. The first-order valence-electron chi connectivity index (χ1n) is 6.62. The van der Waals surface area contributed by atoms with Crippen LogP contribution in [0.3, 0.4) is 0 Å². The van der Waals surface area contributed by atoms with Gasteiger partial charge in [-0.15, -0.1) is 0 Å². The van der Waals surface area contributed by atoms with E-state index in [4.69, 9.17) is 4.52 Å². The van der Waals surface area contributed by atoms with Crippen LogP contribution in [-0.2, 0) is 10.2 Å². The first-order valence-corrected chi connectivity index (χ1v) is 6.62. The third-order valence-corrected chi connectivity index (χ3v) is 3.23. The number of aromatic nitrogens is 1. The third kappa shape index (κ3) is 3.28. The summed E-state index contributed by atoms with van der Waals surface area (Å²) < 4.78 is 5.21. The van der Waals surface area contributed by atoms with E-state index in [0.29, 0.717) is 32.0 Å². The van der Waals surface area contributed by atoms with Crippen LogP contribution in [0.2, 0.25) is 0 Å². The molecule has 0 atom stereocenters. The van der Waals surface area contributed by atoms with Crippen molar-refractivity contribution in [1.82, 2.24) is 15.0 Å². The van der Waals surface area contributed by atoms with Crippen molar-refractivity contribution >= 4 is 18.3 Å². The summed E-state index contributed by atoms with van der Waals surface area (Å²) in [4.78, 5) is 26.0. The quantitative estimate of drug-likeness (QED) is 0.828. The van der Waals surface area contributed by atoms with E-state index < -0.39 is 0 Å². The van der Waals surface area contributed by atoms with Crippen molar-refractivity contribution in [3.63, 3.8) is 0 Å². The fraction of sp³-hybridized carbons (Fsp3) is 0.615. The molecule has 3 amide bonds. The lowest BCUT2D eigenvalue weighted by molar-refractivity contribution is -0.119. The minimum atomic E-state index is -0.218. The van der Waals surface area contributed by atoms with Crippen molar-refractivity contribution in [2.45, 2.75) is 26.2 Å². The molecule has 0 unspecified atom stereocenters. The van der Waals surface area contributed by atoms with Gasteiger partial charge in [0.1, 0.15) is 5.76 Å². The maximum Gasteiger partial charge on any atom is 0.323 e. The topological polar surface area (TPSA) is 78.7 Å². The molecule has 7 nitrogen and oxygen atoms in total. The number of carbonyl (C=O) groups is 2. The maximum absolute atomic E-state index is 12.0. The van der Waals surface area contributed by atoms with Crippen LogP contribution in [0.5, 0.6) is 0 Å². The van der Waals surface area contributed by atoms with Gasteiger partial charge in [-0.3, -0.25) is 10.1 Å². The second-order valence-corrected chi connectivity index (χ2v) is 5.88.